The van der Waals surface area contributed by atoms with Crippen molar-refractivity contribution >= 4 is 52.3 Å². The Morgan fingerprint density at radius 1 is 0.905 bits per heavy atom. The summed E-state index contributed by atoms with van der Waals surface area (Å²) in [6, 6.07) is 1.24. The van der Waals surface area contributed by atoms with Gasteiger partial charge in [-0.2, -0.15) is 0 Å². The van der Waals surface area contributed by atoms with Gasteiger partial charge in [-0.25, -0.2) is 14.2 Å². The molecule has 0 saturated carbocycles. The lowest BCUT2D eigenvalue weighted by molar-refractivity contribution is -0.157. The van der Waals surface area contributed by atoms with Crippen molar-refractivity contribution in [1.82, 2.24) is 41.0 Å². The molecule has 0 fully saturated rings. The number of ether oxygens (including phenoxy) is 2. The number of aliphatic hydroxyl groups is 2. The van der Waals surface area contributed by atoms with Crippen molar-refractivity contribution in [3.63, 3.8) is 0 Å². The summed E-state index contributed by atoms with van der Waals surface area (Å²) >= 11 is 0. The minimum absolute atomic E-state index is 0.0459. The molecule has 336 valence electrons. The number of pyridine rings is 2. The van der Waals surface area contributed by atoms with Crippen molar-refractivity contribution in [2.24, 2.45) is 0 Å². The van der Waals surface area contributed by atoms with Crippen LogP contribution in [0.2, 0.25) is 0 Å². The number of halogens is 1. The quantitative estimate of drug-likeness (QED) is 0.0377. The molecule has 3 aromatic rings. The van der Waals surface area contributed by atoms with Crippen LogP contribution >= 0.6 is 0 Å². The predicted octanol–water partition coefficient (Wildman–Crippen LogP) is -0.539. The van der Waals surface area contributed by atoms with Crippen LogP contribution in [-0.2, 0) is 62.7 Å². The summed E-state index contributed by atoms with van der Waals surface area (Å²) in [6.45, 7) is 4.98. The number of fused-ring (bicyclic) bond motifs is 5. The van der Waals surface area contributed by atoms with Gasteiger partial charge < -0.3 is 55.7 Å². The lowest BCUT2D eigenvalue weighted by Gasteiger charge is -2.21. The van der Waals surface area contributed by atoms with E-state index >= 15 is 0 Å². The SMILES string of the molecule is Cc1cc2c(CNC(=O)COCNC(=O)[C@H](C)NC(=O)[C@@H](C)NC(=O)[C@H](C)NC(=O)CCCCCN3C(=O)C=CC3O)c3c(nc2cc1F)-c1cc2c(c(=O)n1C3)COC(=O)[C@H]2O. The standard InChI is InChI=1S/C42H49FN8O12/c1-20-12-24-26(27-16-51-31(36(27)49-30(24)14-29(20)43)13-25-28(41(51)60)17-63-42(61)37(25)56)15-44-33(53)18-62-19-45-38(57)21(2)47-40(59)23(4)48-39(58)22(3)46-32(52)8-6-5-7-11-50-34(54)9-10-35(50)55/h9-10,12-14,21-23,34,37,54,56H,5-8,11,15-19H2,1-4H3,(H,44,53)(H,45,57)(H,46,52)(H,47,59)(H,48,58)/t21-,22-,23+,34?,37-/m0/s1. The van der Waals surface area contributed by atoms with Crippen molar-refractivity contribution in [2.75, 3.05) is 19.9 Å². The number of unbranched alkanes of at least 4 members (excludes halogenated alkanes) is 2. The average molecular weight is 877 g/mol. The monoisotopic (exact) mass is 876 g/mol. The fraction of sp³-hybridized carbons (Fsp3) is 0.452. The van der Waals surface area contributed by atoms with Gasteiger partial charge in [0.05, 0.1) is 29.0 Å². The topological polar surface area (TPSA) is 277 Å². The van der Waals surface area contributed by atoms with E-state index in [2.05, 4.69) is 31.6 Å². The molecule has 1 aromatic carbocycles. The number of nitrogens with one attached hydrogen (secondary N) is 5. The second-order valence-corrected chi connectivity index (χ2v) is 15.6. The van der Waals surface area contributed by atoms with Gasteiger partial charge in [-0.3, -0.25) is 33.6 Å². The van der Waals surface area contributed by atoms with Crippen LogP contribution in [0.15, 0.2) is 35.1 Å². The number of nitrogens with zero attached hydrogens (tertiary/aromatic N) is 3. The Morgan fingerprint density at radius 2 is 1.60 bits per heavy atom. The number of aliphatic hydroxyl groups excluding tert-OH is 2. The summed E-state index contributed by atoms with van der Waals surface area (Å²) in [5, 5.41) is 33.5. The normalized spacial score (nSPS) is 17.5. The molecule has 5 atom stereocenters. The van der Waals surface area contributed by atoms with Crippen LogP contribution in [0.1, 0.15) is 80.4 Å². The first kappa shape index (κ1) is 45.9. The van der Waals surface area contributed by atoms with E-state index in [4.69, 9.17) is 9.47 Å². The summed E-state index contributed by atoms with van der Waals surface area (Å²) < 4.78 is 26.5. The van der Waals surface area contributed by atoms with Gasteiger partial charge in [-0.05, 0) is 69.9 Å². The zero-order chi connectivity index (χ0) is 45.7. The number of amides is 6. The maximum Gasteiger partial charge on any atom is 0.340 e. The van der Waals surface area contributed by atoms with Crippen LogP contribution in [-0.4, -0.2) is 110 Å². The van der Waals surface area contributed by atoms with Crippen molar-refractivity contribution < 1.29 is 57.6 Å². The number of hydrogen-bond donors (Lipinski definition) is 7. The fourth-order valence-electron chi connectivity index (χ4n) is 7.37. The summed E-state index contributed by atoms with van der Waals surface area (Å²) in [5.74, 6) is -4.57. The number of benzene rings is 1. The lowest BCUT2D eigenvalue weighted by Crippen LogP contribution is -2.54. The molecule has 3 aliphatic rings. The first-order valence-electron chi connectivity index (χ1n) is 20.4. The Hall–Kier alpha value is -6.58. The van der Waals surface area contributed by atoms with Gasteiger partial charge in [0.2, 0.25) is 35.4 Å². The Bertz CT molecular complexity index is 2450. The highest BCUT2D eigenvalue weighted by molar-refractivity contribution is 5.94. The van der Waals surface area contributed by atoms with Crippen LogP contribution in [0, 0.1) is 12.7 Å². The van der Waals surface area contributed by atoms with Gasteiger partial charge in [-0.15, -0.1) is 0 Å². The van der Waals surface area contributed by atoms with Crippen molar-refractivity contribution in [3.05, 3.63) is 74.3 Å². The van der Waals surface area contributed by atoms with Crippen molar-refractivity contribution in [3.8, 4) is 11.4 Å². The maximum atomic E-state index is 14.7. The van der Waals surface area contributed by atoms with E-state index in [1.807, 2.05) is 0 Å². The molecule has 6 rings (SSSR count). The van der Waals surface area contributed by atoms with Gasteiger partial charge >= 0.3 is 5.97 Å². The van der Waals surface area contributed by atoms with E-state index in [0.717, 1.165) is 0 Å². The maximum absolute atomic E-state index is 14.7. The molecule has 0 bridgehead atoms. The number of aryl methyl sites for hydroxylation is 1. The van der Waals surface area contributed by atoms with E-state index in [9.17, 15) is 53.0 Å². The van der Waals surface area contributed by atoms with Gasteiger partial charge in [0, 0.05) is 48.2 Å². The summed E-state index contributed by atoms with van der Waals surface area (Å²) in [7, 11) is 0. The molecule has 63 heavy (non-hydrogen) atoms. The molecule has 0 saturated heterocycles. The molecular formula is C42H49FN8O12. The van der Waals surface area contributed by atoms with Crippen LogP contribution in [0.5, 0.6) is 0 Å². The minimum atomic E-state index is -1.66. The Kier molecular flexibility index (Phi) is 14.3. The van der Waals surface area contributed by atoms with E-state index in [0.29, 0.717) is 59.3 Å². The molecule has 7 N–H and O–H groups in total. The molecule has 0 aliphatic carbocycles. The van der Waals surface area contributed by atoms with Gasteiger partial charge in [-0.1, -0.05) is 6.42 Å². The number of esters is 1. The lowest BCUT2D eigenvalue weighted by atomic mass is 9.97. The number of carbonyl (C=O) groups is 7. The third kappa shape index (κ3) is 10.4. The Morgan fingerprint density at radius 3 is 2.30 bits per heavy atom. The average Bonchev–Trinajstić information content (AvgIpc) is 3.77. The second-order valence-electron chi connectivity index (χ2n) is 15.6. The molecule has 3 aliphatic heterocycles. The summed E-state index contributed by atoms with van der Waals surface area (Å²) in [4.78, 5) is 107. The highest BCUT2D eigenvalue weighted by Gasteiger charge is 2.35. The summed E-state index contributed by atoms with van der Waals surface area (Å²) in [6.07, 6.45) is 1.95. The third-order valence-electron chi connectivity index (χ3n) is 11.0. The van der Waals surface area contributed by atoms with E-state index in [1.54, 1.807) is 13.0 Å². The molecular weight excluding hydrogens is 828 g/mol. The van der Waals surface area contributed by atoms with E-state index in [1.165, 1.54) is 54.5 Å². The highest BCUT2D eigenvalue weighted by Crippen LogP contribution is 2.38. The predicted molar refractivity (Wildman–Crippen MR) is 219 cm³/mol. The fourth-order valence-corrected chi connectivity index (χ4v) is 7.37. The second kappa shape index (κ2) is 19.6. The number of aromatic nitrogens is 2. The smallest absolute Gasteiger partial charge is 0.340 e. The highest BCUT2D eigenvalue weighted by atomic mass is 19.1. The van der Waals surface area contributed by atoms with Crippen LogP contribution in [0.25, 0.3) is 22.3 Å². The van der Waals surface area contributed by atoms with Crippen LogP contribution in [0.4, 0.5) is 4.39 Å². The number of rotatable bonds is 18. The van der Waals surface area contributed by atoms with Crippen LogP contribution in [0.3, 0.4) is 0 Å². The molecule has 1 unspecified atom stereocenters. The zero-order valence-electron chi connectivity index (χ0n) is 35.0. The minimum Gasteiger partial charge on any atom is -0.458 e. The zero-order valence-corrected chi connectivity index (χ0v) is 35.0. The van der Waals surface area contributed by atoms with Crippen molar-refractivity contribution in [2.45, 2.75) is 104 Å². The van der Waals surface area contributed by atoms with E-state index < -0.39 is 84.8 Å². The van der Waals surface area contributed by atoms with Gasteiger partial charge in [0.1, 0.15) is 50.1 Å². The van der Waals surface area contributed by atoms with Crippen molar-refractivity contribution in [1.29, 1.82) is 0 Å². The first-order chi connectivity index (χ1) is 29.9. The van der Waals surface area contributed by atoms with Crippen LogP contribution < -0.4 is 32.1 Å². The molecule has 5 heterocycles. The van der Waals surface area contributed by atoms with Gasteiger partial charge in [0.25, 0.3) is 5.56 Å². The number of carbonyl (C=O) groups excluding carboxylic acids is 7. The molecule has 20 nitrogen and oxygen atoms in total. The molecule has 0 radical (unpaired) electrons. The number of cyclic esters (lactones) is 1. The first-order valence-corrected chi connectivity index (χ1v) is 20.4. The van der Waals surface area contributed by atoms with Gasteiger partial charge in [0.15, 0.2) is 6.10 Å². The molecule has 6 amide bonds. The number of hydrogen-bond acceptors (Lipinski definition) is 13. The largest absolute Gasteiger partial charge is 0.458 e. The van der Waals surface area contributed by atoms with E-state index in [-0.39, 0.29) is 54.6 Å². The Labute approximate surface area is 359 Å². The molecule has 21 heteroatoms. The molecule has 2 aromatic heterocycles. The Balaban J connectivity index is 0.931. The molecule has 0 spiro atoms. The third-order valence-corrected chi connectivity index (χ3v) is 11.0. The summed E-state index contributed by atoms with van der Waals surface area (Å²) in [5.41, 5.74) is 2.09.